The first kappa shape index (κ1) is 16.6. The van der Waals surface area contributed by atoms with Crippen LogP contribution in [0.4, 0.5) is 0 Å². The van der Waals surface area contributed by atoms with Gasteiger partial charge in [0, 0.05) is 12.8 Å². The molecule has 1 rings (SSSR count). The third-order valence-corrected chi connectivity index (χ3v) is 3.59. The zero-order chi connectivity index (χ0) is 15.3. The minimum atomic E-state index is -1.16. The Bertz CT molecular complexity index is 381. The van der Waals surface area contributed by atoms with Crippen LogP contribution in [0.25, 0.3) is 0 Å². The van der Waals surface area contributed by atoms with E-state index in [4.69, 9.17) is 5.73 Å². The maximum Gasteiger partial charge on any atom is 0.249 e. The van der Waals surface area contributed by atoms with Gasteiger partial charge in [0.1, 0.15) is 17.9 Å². The van der Waals surface area contributed by atoms with E-state index in [1.165, 1.54) is 0 Å². The molecular formula is C14H24N2O4. The van der Waals surface area contributed by atoms with Crippen LogP contribution in [0.3, 0.4) is 0 Å². The van der Waals surface area contributed by atoms with Gasteiger partial charge < -0.3 is 16.2 Å². The van der Waals surface area contributed by atoms with Crippen molar-refractivity contribution < 1.29 is 19.5 Å². The first-order chi connectivity index (χ1) is 9.31. The fourth-order valence-electron chi connectivity index (χ4n) is 2.57. The third-order valence-electron chi connectivity index (χ3n) is 3.59. The molecular weight excluding hydrogens is 260 g/mol. The van der Waals surface area contributed by atoms with Crippen LogP contribution in [0, 0.1) is 11.8 Å². The topological polar surface area (TPSA) is 109 Å². The molecule has 0 aromatic carbocycles. The maximum absolute atomic E-state index is 11.9. The number of aliphatic hydroxyl groups is 1. The summed E-state index contributed by atoms with van der Waals surface area (Å²) in [6.07, 6.45) is 1.33. The van der Waals surface area contributed by atoms with Crippen LogP contribution in [-0.2, 0) is 14.4 Å². The maximum atomic E-state index is 11.9. The third kappa shape index (κ3) is 4.92. The Morgan fingerprint density at radius 1 is 1.45 bits per heavy atom. The molecule has 2 amide bonds. The number of hydrogen-bond acceptors (Lipinski definition) is 4. The van der Waals surface area contributed by atoms with E-state index in [1.807, 2.05) is 13.8 Å². The van der Waals surface area contributed by atoms with E-state index in [2.05, 4.69) is 5.32 Å². The van der Waals surface area contributed by atoms with Crippen LogP contribution in [0.15, 0.2) is 0 Å². The Balaban J connectivity index is 2.65. The minimum absolute atomic E-state index is 0.0875. The van der Waals surface area contributed by atoms with Crippen LogP contribution in [-0.4, -0.2) is 34.8 Å². The second kappa shape index (κ2) is 7.38. The van der Waals surface area contributed by atoms with E-state index in [0.29, 0.717) is 25.7 Å². The molecule has 0 aliphatic heterocycles. The van der Waals surface area contributed by atoms with Crippen molar-refractivity contribution in [3.05, 3.63) is 0 Å². The minimum Gasteiger partial charge on any atom is -0.383 e. The molecule has 3 atom stereocenters. The molecule has 0 spiro atoms. The SMILES string of the molecule is CC(C)C[C@@H](O)C(=O)N[C@H](C(N)=O)[C@@H]1CCCC(=O)C1. The molecule has 0 aromatic heterocycles. The summed E-state index contributed by atoms with van der Waals surface area (Å²) in [5, 5.41) is 12.2. The van der Waals surface area contributed by atoms with Gasteiger partial charge in [-0.2, -0.15) is 0 Å². The Kier molecular flexibility index (Phi) is 6.13. The van der Waals surface area contributed by atoms with E-state index in [-0.39, 0.29) is 24.0 Å². The number of hydrogen-bond donors (Lipinski definition) is 3. The van der Waals surface area contributed by atoms with E-state index >= 15 is 0 Å². The fourth-order valence-corrected chi connectivity index (χ4v) is 2.57. The van der Waals surface area contributed by atoms with Gasteiger partial charge in [0.15, 0.2) is 0 Å². The van der Waals surface area contributed by atoms with Gasteiger partial charge in [0.2, 0.25) is 11.8 Å². The summed E-state index contributed by atoms with van der Waals surface area (Å²) in [5.74, 6) is -1.26. The van der Waals surface area contributed by atoms with Crippen molar-refractivity contribution in [1.82, 2.24) is 5.32 Å². The lowest BCUT2D eigenvalue weighted by Crippen LogP contribution is -2.52. The van der Waals surface area contributed by atoms with Crippen molar-refractivity contribution >= 4 is 17.6 Å². The molecule has 0 bridgehead atoms. The molecule has 1 saturated carbocycles. The first-order valence-electron chi connectivity index (χ1n) is 7.10. The molecule has 114 valence electrons. The van der Waals surface area contributed by atoms with Crippen LogP contribution < -0.4 is 11.1 Å². The normalized spacial score (nSPS) is 22.4. The average molecular weight is 284 g/mol. The molecule has 0 saturated heterocycles. The van der Waals surface area contributed by atoms with Gasteiger partial charge in [-0.3, -0.25) is 14.4 Å². The van der Waals surface area contributed by atoms with Crippen molar-refractivity contribution in [2.24, 2.45) is 17.6 Å². The zero-order valence-electron chi connectivity index (χ0n) is 12.1. The van der Waals surface area contributed by atoms with Crippen LogP contribution in [0.2, 0.25) is 0 Å². The summed E-state index contributed by atoms with van der Waals surface area (Å²) in [7, 11) is 0. The Morgan fingerprint density at radius 3 is 2.60 bits per heavy atom. The number of nitrogens with one attached hydrogen (secondary N) is 1. The number of carbonyl (C=O) groups is 3. The van der Waals surface area contributed by atoms with Crippen molar-refractivity contribution in [3.63, 3.8) is 0 Å². The number of Topliss-reactive ketones (excluding diaryl/α,β-unsaturated/α-hetero) is 1. The molecule has 6 nitrogen and oxygen atoms in total. The molecule has 1 fully saturated rings. The van der Waals surface area contributed by atoms with E-state index in [9.17, 15) is 19.5 Å². The summed E-state index contributed by atoms with van der Waals surface area (Å²) in [6, 6.07) is -0.881. The van der Waals surface area contributed by atoms with Gasteiger partial charge in [-0.25, -0.2) is 0 Å². The van der Waals surface area contributed by atoms with E-state index in [0.717, 1.165) is 0 Å². The highest BCUT2D eigenvalue weighted by atomic mass is 16.3. The van der Waals surface area contributed by atoms with Gasteiger partial charge in [-0.05, 0) is 31.1 Å². The molecule has 0 aromatic rings. The van der Waals surface area contributed by atoms with Crippen molar-refractivity contribution in [3.8, 4) is 0 Å². The Hall–Kier alpha value is -1.43. The van der Waals surface area contributed by atoms with Gasteiger partial charge in [-0.15, -0.1) is 0 Å². The quantitative estimate of drug-likeness (QED) is 0.643. The smallest absolute Gasteiger partial charge is 0.249 e. The van der Waals surface area contributed by atoms with Crippen molar-refractivity contribution in [2.75, 3.05) is 0 Å². The number of rotatable bonds is 6. The number of carbonyl (C=O) groups excluding carboxylic acids is 3. The Morgan fingerprint density at radius 2 is 2.10 bits per heavy atom. The number of amides is 2. The molecule has 0 heterocycles. The fraction of sp³-hybridized carbons (Fsp3) is 0.786. The van der Waals surface area contributed by atoms with Gasteiger partial charge in [0.25, 0.3) is 0 Å². The summed E-state index contributed by atoms with van der Waals surface area (Å²) >= 11 is 0. The number of nitrogens with two attached hydrogens (primary N) is 1. The summed E-state index contributed by atoms with van der Waals surface area (Å²) < 4.78 is 0. The molecule has 4 N–H and O–H groups in total. The standard InChI is InChI=1S/C14H24N2O4/c1-8(2)6-11(18)14(20)16-12(13(15)19)9-4-3-5-10(17)7-9/h8-9,11-12,18H,3-7H2,1-2H3,(H2,15,19)(H,16,20)/t9-,11-,12+/m1/s1. The zero-order valence-corrected chi connectivity index (χ0v) is 12.1. The van der Waals surface area contributed by atoms with Crippen LogP contribution in [0.1, 0.15) is 46.0 Å². The second-order valence-corrected chi connectivity index (χ2v) is 5.93. The largest absolute Gasteiger partial charge is 0.383 e. The second-order valence-electron chi connectivity index (χ2n) is 5.93. The predicted molar refractivity (Wildman–Crippen MR) is 73.6 cm³/mol. The van der Waals surface area contributed by atoms with E-state index < -0.39 is 24.0 Å². The monoisotopic (exact) mass is 284 g/mol. The highest BCUT2D eigenvalue weighted by Gasteiger charge is 2.33. The lowest BCUT2D eigenvalue weighted by atomic mass is 9.82. The first-order valence-corrected chi connectivity index (χ1v) is 7.10. The van der Waals surface area contributed by atoms with Crippen LogP contribution in [0.5, 0.6) is 0 Å². The number of primary amides is 1. The summed E-state index contributed by atoms with van der Waals surface area (Å²) in [6.45, 7) is 3.78. The lowest BCUT2D eigenvalue weighted by molar-refractivity contribution is -0.135. The highest BCUT2D eigenvalue weighted by molar-refractivity contribution is 5.89. The van der Waals surface area contributed by atoms with Gasteiger partial charge in [0.05, 0.1) is 0 Å². The number of aliphatic hydroxyl groups excluding tert-OH is 1. The molecule has 1 aliphatic carbocycles. The molecule has 6 heteroatoms. The predicted octanol–water partition coefficient (Wildman–Crippen LogP) is 0.123. The molecule has 1 aliphatic rings. The van der Waals surface area contributed by atoms with Crippen LogP contribution >= 0.6 is 0 Å². The lowest BCUT2D eigenvalue weighted by Gasteiger charge is -2.28. The summed E-state index contributed by atoms with van der Waals surface area (Å²) in [4.78, 5) is 34.8. The highest BCUT2D eigenvalue weighted by Crippen LogP contribution is 2.24. The average Bonchev–Trinajstić information content (AvgIpc) is 2.34. The molecule has 20 heavy (non-hydrogen) atoms. The molecule has 0 radical (unpaired) electrons. The van der Waals surface area contributed by atoms with Crippen molar-refractivity contribution in [1.29, 1.82) is 0 Å². The van der Waals surface area contributed by atoms with E-state index in [1.54, 1.807) is 0 Å². The van der Waals surface area contributed by atoms with Gasteiger partial charge >= 0.3 is 0 Å². The molecule has 0 unspecified atom stereocenters. The van der Waals surface area contributed by atoms with Gasteiger partial charge in [-0.1, -0.05) is 13.8 Å². The number of ketones is 1. The summed E-state index contributed by atoms with van der Waals surface area (Å²) in [5.41, 5.74) is 5.32. The Labute approximate surface area is 119 Å². The van der Waals surface area contributed by atoms with Crippen molar-refractivity contribution in [2.45, 2.75) is 58.1 Å².